The molecule has 0 aromatic rings. The van der Waals surface area contributed by atoms with Crippen LogP contribution in [-0.4, -0.2) is 24.6 Å². The summed E-state index contributed by atoms with van der Waals surface area (Å²) in [4.78, 5) is 0. The first-order chi connectivity index (χ1) is 6.29. The van der Waals surface area contributed by atoms with Gasteiger partial charge in [-0.05, 0) is 56.7 Å². The summed E-state index contributed by atoms with van der Waals surface area (Å²) in [6.45, 7) is 8.32. The molecule has 0 saturated carbocycles. The Morgan fingerprint density at radius 3 is 2.77 bits per heavy atom. The average molecular weight is 199 g/mol. The second-order valence-corrected chi connectivity index (χ2v) is 5.19. The lowest BCUT2D eigenvalue weighted by molar-refractivity contribution is 0.450. The van der Waals surface area contributed by atoms with Gasteiger partial charge in [0, 0.05) is 0 Å². The Hall–Kier alpha value is 0.0500. The largest absolute Gasteiger partial charge is 0.316 e. The molecule has 0 radical (unpaired) electrons. The zero-order valence-electron chi connectivity index (χ0n) is 8.64. The van der Waals surface area contributed by atoms with Gasteiger partial charge in [0.1, 0.15) is 0 Å². The molecule has 1 N–H and O–H groups in total. The van der Waals surface area contributed by atoms with E-state index in [9.17, 15) is 0 Å². The van der Waals surface area contributed by atoms with Crippen molar-refractivity contribution < 1.29 is 0 Å². The lowest BCUT2D eigenvalue weighted by Crippen LogP contribution is -2.26. The Morgan fingerprint density at radius 2 is 2.15 bits per heavy atom. The van der Waals surface area contributed by atoms with Crippen molar-refractivity contribution >= 4 is 11.8 Å². The van der Waals surface area contributed by atoms with E-state index >= 15 is 0 Å². The van der Waals surface area contributed by atoms with E-state index < -0.39 is 0 Å². The highest BCUT2D eigenvalue weighted by atomic mass is 32.2. The lowest BCUT2D eigenvalue weighted by atomic mass is 10.0. The number of thioether (sulfide) groups is 1. The Kier molecular flexibility index (Phi) is 5.56. The Balaban J connectivity index is 1.95. The van der Waals surface area contributed by atoms with E-state index in [1.807, 2.05) is 0 Å². The van der Waals surface area contributed by atoms with Crippen molar-refractivity contribution in [1.82, 2.24) is 5.32 Å². The van der Waals surface area contributed by atoms with Crippen LogP contribution < -0.4 is 5.32 Å². The molecule has 0 bridgehead atoms. The fraction of sp³-hybridized carbons (Fsp3) is 0.818. The number of nitrogens with one attached hydrogen (secondary N) is 1. The van der Waals surface area contributed by atoms with E-state index in [0.29, 0.717) is 0 Å². The van der Waals surface area contributed by atoms with E-state index in [1.165, 1.54) is 36.5 Å². The van der Waals surface area contributed by atoms with Gasteiger partial charge in [0.2, 0.25) is 0 Å². The van der Waals surface area contributed by atoms with Gasteiger partial charge in [-0.1, -0.05) is 5.57 Å². The van der Waals surface area contributed by atoms with Crippen molar-refractivity contribution in [3.8, 4) is 0 Å². The maximum atomic E-state index is 3.90. The first-order valence-electron chi connectivity index (χ1n) is 5.22. The van der Waals surface area contributed by atoms with Crippen molar-refractivity contribution in [3.05, 3.63) is 12.2 Å². The molecule has 13 heavy (non-hydrogen) atoms. The van der Waals surface area contributed by atoms with E-state index in [2.05, 4.69) is 30.6 Å². The Bertz CT molecular complexity index is 150. The van der Waals surface area contributed by atoms with E-state index in [0.717, 1.165) is 18.9 Å². The fourth-order valence-electron chi connectivity index (χ4n) is 1.56. The quantitative estimate of drug-likeness (QED) is 0.540. The van der Waals surface area contributed by atoms with Gasteiger partial charge >= 0.3 is 0 Å². The van der Waals surface area contributed by atoms with Crippen LogP contribution in [0.15, 0.2) is 12.2 Å². The predicted octanol–water partition coefficient (Wildman–Crippen LogP) is 2.69. The third-order valence-corrected chi connectivity index (χ3v) is 3.55. The molecule has 0 amide bonds. The van der Waals surface area contributed by atoms with Crippen LogP contribution in [0.25, 0.3) is 0 Å². The standard InChI is InChI=1S/C11H21NS/c1-10(2)3-6-12-9-11-4-7-13-8-5-11/h11-12H,1,3-9H2,2H3. The van der Waals surface area contributed by atoms with Crippen molar-refractivity contribution in [2.75, 3.05) is 24.6 Å². The third kappa shape index (κ3) is 5.37. The summed E-state index contributed by atoms with van der Waals surface area (Å²) in [7, 11) is 0. The molecule has 1 fully saturated rings. The molecule has 0 aromatic heterocycles. The molecule has 0 spiro atoms. The third-order valence-electron chi connectivity index (χ3n) is 2.50. The molecule has 1 rings (SSSR count). The van der Waals surface area contributed by atoms with Crippen LogP contribution in [0, 0.1) is 5.92 Å². The summed E-state index contributed by atoms with van der Waals surface area (Å²) in [6, 6.07) is 0. The highest BCUT2D eigenvalue weighted by Crippen LogP contribution is 2.21. The Morgan fingerprint density at radius 1 is 1.46 bits per heavy atom. The fourth-order valence-corrected chi connectivity index (χ4v) is 2.76. The minimum atomic E-state index is 0.936. The van der Waals surface area contributed by atoms with Crippen molar-refractivity contribution in [2.24, 2.45) is 5.92 Å². The maximum absolute atomic E-state index is 3.90. The van der Waals surface area contributed by atoms with Gasteiger partial charge < -0.3 is 5.32 Å². The highest BCUT2D eigenvalue weighted by Gasteiger charge is 2.12. The molecule has 1 aliphatic rings. The minimum Gasteiger partial charge on any atom is -0.316 e. The lowest BCUT2D eigenvalue weighted by Gasteiger charge is -2.21. The van der Waals surface area contributed by atoms with Gasteiger partial charge in [0.15, 0.2) is 0 Å². The molecule has 76 valence electrons. The maximum Gasteiger partial charge on any atom is -0.00117 e. The minimum absolute atomic E-state index is 0.936. The second-order valence-electron chi connectivity index (χ2n) is 3.97. The molecule has 0 aliphatic carbocycles. The summed E-state index contributed by atoms with van der Waals surface area (Å²) < 4.78 is 0. The monoisotopic (exact) mass is 199 g/mol. The highest BCUT2D eigenvalue weighted by molar-refractivity contribution is 7.99. The van der Waals surface area contributed by atoms with Crippen LogP contribution in [0.5, 0.6) is 0 Å². The molecule has 0 atom stereocenters. The van der Waals surface area contributed by atoms with Crippen LogP contribution in [0.3, 0.4) is 0 Å². The molecular formula is C11H21NS. The van der Waals surface area contributed by atoms with Crippen LogP contribution in [0.1, 0.15) is 26.2 Å². The average Bonchev–Trinajstić information content (AvgIpc) is 2.14. The number of hydrogen-bond donors (Lipinski definition) is 1. The molecule has 1 aliphatic heterocycles. The predicted molar refractivity (Wildman–Crippen MR) is 62.3 cm³/mol. The summed E-state index contributed by atoms with van der Waals surface area (Å²) in [5.74, 6) is 3.67. The van der Waals surface area contributed by atoms with E-state index in [1.54, 1.807) is 0 Å². The van der Waals surface area contributed by atoms with Crippen LogP contribution in [0.2, 0.25) is 0 Å². The summed E-state index contributed by atoms with van der Waals surface area (Å²) in [5.41, 5.74) is 1.28. The van der Waals surface area contributed by atoms with Gasteiger partial charge in [-0.25, -0.2) is 0 Å². The van der Waals surface area contributed by atoms with Crippen LogP contribution >= 0.6 is 11.8 Å². The zero-order valence-corrected chi connectivity index (χ0v) is 9.46. The normalized spacial score (nSPS) is 18.8. The van der Waals surface area contributed by atoms with E-state index in [4.69, 9.17) is 0 Å². The molecule has 2 heteroatoms. The topological polar surface area (TPSA) is 12.0 Å². The Labute approximate surface area is 86.4 Å². The van der Waals surface area contributed by atoms with Crippen molar-refractivity contribution in [3.63, 3.8) is 0 Å². The molecule has 1 heterocycles. The van der Waals surface area contributed by atoms with Gasteiger partial charge in [-0.3, -0.25) is 0 Å². The van der Waals surface area contributed by atoms with Crippen molar-refractivity contribution in [1.29, 1.82) is 0 Å². The van der Waals surface area contributed by atoms with E-state index in [-0.39, 0.29) is 0 Å². The summed E-state index contributed by atoms with van der Waals surface area (Å²) in [6.07, 6.45) is 3.94. The van der Waals surface area contributed by atoms with Crippen LogP contribution in [0.4, 0.5) is 0 Å². The molecule has 1 saturated heterocycles. The summed E-state index contributed by atoms with van der Waals surface area (Å²) in [5, 5.41) is 3.52. The first kappa shape index (κ1) is 11.1. The number of rotatable bonds is 5. The summed E-state index contributed by atoms with van der Waals surface area (Å²) >= 11 is 2.10. The smallest absolute Gasteiger partial charge is 0.00117 e. The zero-order chi connectivity index (χ0) is 9.52. The molecule has 0 unspecified atom stereocenters. The van der Waals surface area contributed by atoms with Crippen LogP contribution in [-0.2, 0) is 0 Å². The van der Waals surface area contributed by atoms with Gasteiger partial charge in [0.05, 0.1) is 0 Å². The molecule has 1 nitrogen and oxygen atoms in total. The number of hydrogen-bond acceptors (Lipinski definition) is 2. The van der Waals surface area contributed by atoms with Gasteiger partial charge in [-0.2, -0.15) is 11.8 Å². The second kappa shape index (κ2) is 6.50. The molecular weight excluding hydrogens is 178 g/mol. The van der Waals surface area contributed by atoms with Gasteiger partial charge in [0.25, 0.3) is 0 Å². The molecule has 0 aromatic carbocycles. The first-order valence-corrected chi connectivity index (χ1v) is 6.37. The SMILES string of the molecule is C=C(C)CCNCC1CCSCC1. The van der Waals surface area contributed by atoms with Crippen molar-refractivity contribution in [2.45, 2.75) is 26.2 Å². The van der Waals surface area contributed by atoms with Gasteiger partial charge in [-0.15, -0.1) is 6.58 Å².